The van der Waals surface area contributed by atoms with Gasteiger partial charge in [-0.25, -0.2) is 0 Å². The predicted octanol–water partition coefficient (Wildman–Crippen LogP) is 5.28. The molecule has 6 heteroatoms. The number of hydrogen-bond acceptors (Lipinski definition) is 5. The predicted molar refractivity (Wildman–Crippen MR) is 131 cm³/mol. The fraction of sp³-hybridized carbons (Fsp3) is 0.259. The van der Waals surface area contributed by atoms with Crippen LogP contribution in [0.25, 0.3) is 11.6 Å². The Morgan fingerprint density at radius 3 is 2.52 bits per heavy atom. The summed E-state index contributed by atoms with van der Waals surface area (Å²) in [4.78, 5) is 28.0. The lowest BCUT2D eigenvalue weighted by Crippen LogP contribution is -2.40. The first-order valence-corrected chi connectivity index (χ1v) is 11.9. The number of esters is 1. The van der Waals surface area contributed by atoms with Crippen LogP contribution in [0.2, 0.25) is 0 Å². The van der Waals surface area contributed by atoms with Gasteiger partial charge in [-0.1, -0.05) is 48.5 Å². The quantitative estimate of drug-likeness (QED) is 0.355. The van der Waals surface area contributed by atoms with Gasteiger partial charge in [0.05, 0.1) is 18.6 Å². The second-order valence-corrected chi connectivity index (χ2v) is 8.92. The van der Waals surface area contributed by atoms with Gasteiger partial charge >= 0.3 is 5.97 Å². The molecule has 0 N–H and O–H groups in total. The summed E-state index contributed by atoms with van der Waals surface area (Å²) in [6.45, 7) is 1.57. The van der Waals surface area contributed by atoms with E-state index in [0.29, 0.717) is 38.1 Å². The zero-order valence-corrected chi connectivity index (χ0v) is 19.4. The van der Waals surface area contributed by atoms with Crippen LogP contribution in [0, 0.1) is 5.92 Å². The minimum Gasteiger partial charge on any atom is -0.489 e. The van der Waals surface area contributed by atoms with E-state index in [1.165, 1.54) is 7.11 Å². The molecule has 33 heavy (non-hydrogen) atoms. The Bertz CT molecular complexity index is 1100. The van der Waals surface area contributed by atoms with Crippen molar-refractivity contribution in [1.29, 1.82) is 0 Å². The van der Waals surface area contributed by atoms with Crippen molar-refractivity contribution < 1.29 is 19.1 Å². The van der Waals surface area contributed by atoms with E-state index in [-0.39, 0.29) is 17.8 Å². The standard InChI is InChI=1S/C27H27NO4S/c1-31-27(30)22-12-14-28(15-13-22)26(29)24(25-11-6-16-33-25)18-21-9-5-10-23(17-21)32-19-20-7-3-2-4-8-20/h2-11,16-18,22H,12-15,19H2,1H3/b24-18+. The number of amides is 1. The number of ether oxygens (including phenoxy) is 2. The molecular formula is C27H27NO4S. The van der Waals surface area contributed by atoms with Crippen LogP contribution < -0.4 is 4.74 Å². The largest absolute Gasteiger partial charge is 0.489 e. The van der Waals surface area contributed by atoms with Crippen LogP contribution in [0.15, 0.2) is 72.1 Å². The van der Waals surface area contributed by atoms with Crippen LogP contribution in [0.1, 0.15) is 28.8 Å². The van der Waals surface area contributed by atoms with Crippen molar-refractivity contribution in [1.82, 2.24) is 4.90 Å². The summed E-state index contributed by atoms with van der Waals surface area (Å²) >= 11 is 1.54. The van der Waals surface area contributed by atoms with E-state index < -0.39 is 0 Å². The van der Waals surface area contributed by atoms with Crippen molar-refractivity contribution in [2.45, 2.75) is 19.4 Å². The number of thiophene rings is 1. The van der Waals surface area contributed by atoms with Gasteiger partial charge in [-0.3, -0.25) is 9.59 Å². The summed E-state index contributed by atoms with van der Waals surface area (Å²) in [6.07, 6.45) is 3.17. The summed E-state index contributed by atoms with van der Waals surface area (Å²) in [5.74, 6) is 0.413. The molecule has 0 unspecified atom stereocenters. The molecule has 0 aliphatic carbocycles. The molecule has 3 aromatic rings. The first-order valence-electron chi connectivity index (χ1n) is 11.0. The van der Waals surface area contributed by atoms with Crippen LogP contribution in [0.3, 0.4) is 0 Å². The lowest BCUT2D eigenvalue weighted by Gasteiger charge is -2.31. The van der Waals surface area contributed by atoms with E-state index in [9.17, 15) is 9.59 Å². The minimum atomic E-state index is -0.191. The van der Waals surface area contributed by atoms with Gasteiger partial charge in [-0.15, -0.1) is 11.3 Å². The molecule has 1 aliphatic heterocycles. The molecule has 0 spiro atoms. The molecule has 1 amide bonds. The summed E-state index contributed by atoms with van der Waals surface area (Å²) in [5, 5.41) is 1.97. The molecule has 5 nitrogen and oxygen atoms in total. The SMILES string of the molecule is COC(=O)C1CCN(C(=O)/C(=C/c2cccc(OCc3ccccc3)c2)c2cccs2)CC1. The third kappa shape index (κ3) is 5.90. The Balaban J connectivity index is 1.51. The Labute approximate surface area is 198 Å². The molecule has 0 bridgehead atoms. The highest BCUT2D eigenvalue weighted by molar-refractivity contribution is 7.11. The van der Waals surface area contributed by atoms with E-state index in [2.05, 4.69) is 0 Å². The number of benzene rings is 2. The average Bonchev–Trinajstić information content (AvgIpc) is 3.41. The molecule has 4 rings (SSSR count). The van der Waals surface area contributed by atoms with Gasteiger partial charge in [0.15, 0.2) is 0 Å². The summed E-state index contributed by atoms with van der Waals surface area (Å²) in [5.41, 5.74) is 2.66. The molecule has 170 valence electrons. The monoisotopic (exact) mass is 461 g/mol. The Morgan fingerprint density at radius 2 is 1.82 bits per heavy atom. The van der Waals surface area contributed by atoms with E-state index in [0.717, 1.165) is 21.8 Å². The molecule has 1 aromatic heterocycles. The number of likely N-dealkylation sites (tertiary alicyclic amines) is 1. The number of hydrogen-bond donors (Lipinski definition) is 0. The molecule has 0 radical (unpaired) electrons. The van der Waals surface area contributed by atoms with Crippen molar-refractivity contribution in [3.63, 3.8) is 0 Å². The number of nitrogens with zero attached hydrogens (tertiary/aromatic N) is 1. The van der Waals surface area contributed by atoms with Crippen molar-refractivity contribution in [2.24, 2.45) is 5.92 Å². The summed E-state index contributed by atoms with van der Waals surface area (Å²) in [6, 6.07) is 21.7. The van der Waals surface area contributed by atoms with Gasteiger partial charge in [0, 0.05) is 18.0 Å². The molecular weight excluding hydrogens is 434 g/mol. The van der Waals surface area contributed by atoms with Gasteiger partial charge in [-0.05, 0) is 53.6 Å². The van der Waals surface area contributed by atoms with E-state index in [1.54, 1.807) is 11.3 Å². The lowest BCUT2D eigenvalue weighted by atomic mass is 9.96. The number of rotatable bonds is 7. The van der Waals surface area contributed by atoms with Crippen LogP contribution in [-0.2, 0) is 20.9 Å². The highest BCUT2D eigenvalue weighted by Gasteiger charge is 2.29. The first-order chi connectivity index (χ1) is 16.1. The van der Waals surface area contributed by atoms with Gasteiger partial charge in [0.25, 0.3) is 5.91 Å². The van der Waals surface area contributed by atoms with Crippen molar-refractivity contribution >= 4 is 34.9 Å². The Kier molecular flexibility index (Phi) is 7.58. The zero-order chi connectivity index (χ0) is 23.0. The average molecular weight is 462 g/mol. The fourth-order valence-corrected chi connectivity index (χ4v) is 4.66. The molecule has 0 atom stereocenters. The molecule has 2 aromatic carbocycles. The molecule has 1 saturated heterocycles. The highest BCUT2D eigenvalue weighted by atomic mass is 32.1. The molecule has 0 saturated carbocycles. The van der Waals surface area contributed by atoms with Crippen LogP contribution in [-0.4, -0.2) is 37.0 Å². The van der Waals surface area contributed by atoms with E-state index in [4.69, 9.17) is 9.47 Å². The van der Waals surface area contributed by atoms with E-state index >= 15 is 0 Å². The van der Waals surface area contributed by atoms with Gasteiger partial charge in [-0.2, -0.15) is 0 Å². The Morgan fingerprint density at radius 1 is 1.03 bits per heavy atom. The molecule has 2 heterocycles. The van der Waals surface area contributed by atoms with E-state index in [1.807, 2.05) is 83.1 Å². The third-order valence-corrected chi connectivity index (χ3v) is 6.65. The van der Waals surface area contributed by atoms with Gasteiger partial charge in [0.1, 0.15) is 12.4 Å². The maximum absolute atomic E-state index is 13.5. The van der Waals surface area contributed by atoms with Crippen LogP contribution >= 0.6 is 11.3 Å². The Hall–Kier alpha value is -3.38. The molecule has 1 aliphatic rings. The van der Waals surface area contributed by atoms with Crippen molar-refractivity contribution in [2.75, 3.05) is 20.2 Å². The maximum Gasteiger partial charge on any atom is 0.308 e. The maximum atomic E-state index is 13.5. The minimum absolute atomic E-state index is 0.0172. The lowest BCUT2D eigenvalue weighted by molar-refractivity contribution is -0.148. The van der Waals surface area contributed by atoms with Crippen LogP contribution in [0.5, 0.6) is 5.75 Å². The number of piperidine rings is 1. The number of carbonyl (C=O) groups excluding carboxylic acids is 2. The molecule has 1 fully saturated rings. The number of carbonyl (C=O) groups is 2. The first kappa shape index (κ1) is 22.8. The number of methoxy groups -OCH3 is 1. The second-order valence-electron chi connectivity index (χ2n) is 7.97. The van der Waals surface area contributed by atoms with Gasteiger partial charge < -0.3 is 14.4 Å². The van der Waals surface area contributed by atoms with Crippen LogP contribution in [0.4, 0.5) is 0 Å². The normalized spacial score (nSPS) is 14.7. The highest BCUT2D eigenvalue weighted by Crippen LogP contribution is 2.28. The second kappa shape index (κ2) is 11.0. The van der Waals surface area contributed by atoms with Crippen molar-refractivity contribution in [3.8, 4) is 5.75 Å². The van der Waals surface area contributed by atoms with Gasteiger partial charge in [0.2, 0.25) is 0 Å². The topological polar surface area (TPSA) is 55.8 Å². The smallest absolute Gasteiger partial charge is 0.308 e. The van der Waals surface area contributed by atoms with Crippen molar-refractivity contribution in [3.05, 3.63) is 88.1 Å². The fourth-order valence-electron chi connectivity index (χ4n) is 3.93. The zero-order valence-electron chi connectivity index (χ0n) is 18.6. The third-order valence-electron chi connectivity index (χ3n) is 5.75. The summed E-state index contributed by atoms with van der Waals surface area (Å²) < 4.78 is 10.8. The summed E-state index contributed by atoms with van der Waals surface area (Å²) in [7, 11) is 1.41.